The average Bonchev–Trinajstić information content (AvgIpc) is 3.03. The molecule has 0 aliphatic carbocycles. The first kappa shape index (κ1) is 16.3. The summed E-state index contributed by atoms with van der Waals surface area (Å²) in [6.45, 7) is 7.60. The number of nitrogens with one attached hydrogen (secondary N) is 1. The molecule has 2 rings (SSSR count). The van der Waals surface area contributed by atoms with E-state index in [2.05, 4.69) is 16.8 Å². The van der Waals surface area contributed by atoms with Gasteiger partial charge in [0.15, 0.2) is 0 Å². The molecule has 1 fully saturated rings. The Bertz CT molecular complexity index is 456. The molecule has 2 atom stereocenters. The Morgan fingerprint density at radius 2 is 2.24 bits per heavy atom. The van der Waals surface area contributed by atoms with Gasteiger partial charge in [-0.1, -0.05) is 6.07 Å². The van der Waals surface area contributed by atoms with Gasteiger partial charge in [0.25, 0.3) is 0 Å². The van der Waals surface area contributed by atoms with Crippen molar-refractivity contribution >= 4 is 17.4 Å². The lowest BCUT2D eigenvalue weighted by Gasteiger charge is -2.24. The van der Waals surface area contributed by atoms with E-state index < -0.39 is 5.60 Å². The fraction of sp³-hybridized carbons (Fsp3) is 0.667. The zero-order chi connectivity index (χ0) is 15.5. The van der Waals surface area contributed by atoms with E-state index in [9.17, 15) is 4.79 Å². The molecule has 2 heterocycles. The van der Waals surface area contributed by atoms with Crippen LogP contribution in [0.25, 0.3) is 0 Å². The van der Waals surface area contributed by atoms with Crippen LogP contribution in [0, 0.1) is 0 Å². The number of carbonyl (C=O) groups is 1. The summed E-state index contributed by atoms with van der Waals surface area (Å²) in [7, 11) is 1.68. The summed E-state index contributed by atoms with van der Waals surface area (Å²) in [5.41, 5.74) is -0.470. The molecule has 6 heteroatoms. The number of thiophene rings is 1. The second kappa shape index (κ2) is 6.77. The second-order valence-corrected chi connectivity index (χ2v) is 7.26. The Hall–Kier alpha value is -1.11. The number of nitrogens with zero attached hydrogens (tertiary/aromatic N) is 1. The average molecular weight is 312 g/mol. The molecule has 1 aromatic rings. The van der Waals surface area contributed by atoms with Gasteiger partial charge in [-0.2, -0.15) is 0 Å². The number of likely N-dealkylation sites (tertiary alicyclic amines) is 1. The van der Waals surface area contributed by atoms with Crippen LogP contribution in [-0.2, 0) is 16.0 Å². The van der Waals surface area contributed by atoms with Crippen LogP contribution in [-0.4, -0.2) is 48.9 Å². The number of ether oxygens (including phenoxy) is 2. The number of methoxy groups -OCH3 is 1. The number of rotatable bonds is 4. The predicted octanol–water partition coefficient (Wildman–Crippen LogP) is 2.47. The maximum atomic E-state index is 12.1. The van der Waals surface area contributed by atoms with Crippen molar-refractivity contribution in [3.63, 3.8) is 0 Å². The Kier molecular flexibility index (Phi) is 5.24. The first-order valence-corrected chi connectivity index (χ1v) is 8.03. The molecule has 1 aliphatic rings. The van der Waals surface area contributed by atoms with Crippen molar-refractivity contribution in [3.05, 3.63) is 22.4 Å². The molecule has 1 saturated heterocycles. The maximum Gasteiger partial charge on any atom is 0.410 e. The number of hydrogen-bond donors (Lipinski definition) is 1. The van der Waals surface area contributed by atoms with Gasteiger partial charge in [-0.3, -0.25) is 0 Å². The number of hydrogen-bond acceptors (Lipinski definition) is 5. The van der Waals surface area contributed by atoms with E-state index in [0.29, 0.717) is 13.1 Å². The van der Waals surface area contributed by atoms with Crippen LogP contribution < -0.4 is 5.32 Å². The molecule has 0 bridgehead atoms. The van der Waals surface area contributed by atoms with Crippen LogP contribution in [0.3, 0.4) is 0 Å². The zero-order valence-electron chi connectivity index (χ0n) is 13.1. The largest absolute Gasteiger partial charge is 0.444 e. The third-order valence-electron chi connectivity index (χ3n) is 3.34. The molecular weight excluding hydrogens is 288 g/mol. The predicted molar refractivity (Wildman–Crippen MR) is 83.6 cm³/mol. The fourth-order valence-corrected chi connectivity index (χ4v) is 2.98. The molecule has 118 valence electrons. The quantitative estimate of drug-likeness (QED) is 0.928. The summed E-state index contributed by atoms with van der Waals surface area (Å²) >= 11 is 1.72. The summed E-state index contributed by atoms with van der Waals surface area (Å²) in [5, 5.41) is 5.53. The minimum Gasteiger partial charge on any atom is -0.444 e. The van der Waals surface area contributed by atoms with Gasteiger partial charge in [0.2, 0.25) is 0 Å². The third kappa shape index (κ3) is 4.69. The lowest BCUT2D eigenvalue weighted by molar-refractivity contribution is 0.0252. The van der Waals surface area contributed by atoms with Crippen LogP contribution in [0.4, 0.5) is 4.79 Å². The van der Waals surface area contributed by atoms with Gasteiger partial charge >= 0.3 is 6.09 Å². The summed E-state index contributed by atoms with van der Waals surface area (Å²) in [4.78, 5) is 15.1. The summed E-state index contributed by atoms with van der Waals surface area (Å²) in [5.74, 6) is 0. The summed E-state index contributed by atoms with van der Waals surface area (Å²) in [6, 6.07) is 4.27. The van der Waals surface area contributed by atoms with Gasteiger partial charge in [-0.05, 0) is 32.2 Å². The molecule has 0 radical (unpaired) electrons. The van der Waals surface area contributed by atoms with E-state index in [1.807, 2.05) is 26.8 Å². The van der Waals surface area contributed by atoms with Crippen LogP contribution in [0.2, 0.25) is 0 Å². The van der Waals surface area contributed by atoms with E-state index in [-0.39, 0.29) is 18.2 Å². The third-order valence-corrected chi connectivity index (χ3v) is 4.22. The van der Waals surface area contributed by atoms with E-state index >= 15 is 0 Å². The highest BCUT2D eigenvalue weighted by atomic mass is 32.1. The minimum absolute atomic E-state index is 0.00233. The maximum absolute atomic E-state index is 12.1. The standard InChI is InChI=1S/C15H24N2O3S/c1-15(2,3)20-14(18)17-9-12(13(10-17)19-4)16-8-11-6-5-7-21-11/h5-7,12-13,16H,8-10H2,1-4H3/t12?,13-/m0/s1. The SMILES string of the molecule is CO[C@H]1CN(C(=O)OC(C)(C)C)CC1NCc1cccs1. The van der Waals surface area contributed by atoms with Crippen LogP contribution in [0.15, 0.2) is 17.5 Å². The molecule has 1 amide bonds. The van der Waals surface area contributed by atoms with Gasteiger partial charge in [-0.15, -0.1) is 11.3 Å². The smallest absolute Gasteiger partial charge is 0.410 e. The van der Waals surface area contributed by atoms with Crippen LogP contribution >= 0.6 is 11.3 Å². The monoisotopic (exact) mass is 312 g/mol. The molecular formula is C15H24N2O3S. The molecule has 0 spiro atoms. The first-order chi connectivity index (χ1) is 9.89. The Balaban J connectivity index is 1.89. The van der Waals surface area contributed by atoms with E-state index in [4.69, 9.17) is 9.47 Å². The Labute approximate surface area is 130 Å². The molecule has 1 aromatic heterocycles. The molecule has 0 aromatic carbocycles. The topological polar surface area (TPSA) is 50.8 Å². The highest BCUT2D eigenvalue weighted by molar-refractivity contribution is 7.09. The van der Waals surface area contributed by atoms with Gasteiger partial charge < -0.3 is 19.7 Å². The van der Waals surface area contributed by atoms with Crippen molar-refractivity contribution in [2.24, 2.45) is 0 Å². The normalized spacial score (nSPS) is 22.6. The van der Waals surface area contributed by atoms with E-state index in [0.717, 1.165) is 6.54 Å². The second-order valence-electron chi connectivity index (χ2n) is 6.23. The van der Waals surface area contributed by atoms with Crippen molar-refractivity contribution in [2.75, 3.05) is 20.2 Å². The lowest BCUT2D eigenvalue weighted by Crippen LogP contribution is -2.40. The van der Waals surface area contributed by atoms with Crippen molar-refractivity contribution < 1.29 is 14.3 Å². The molecule has 1 N–H and O–H groups in total. The highest BCUT2D eigenvalue weighted by Gasteiger charge is 2.37. The first-order valence-electron chi connectivity index (χ1n) is 7.15. The fourth-order valence-electron chi connectivity index (χ4n) is 2.33. The highest BCUT2D eigenvalue weighted by Crippen LogP contribution is 2.18. The zero-order valence-corrected chi connectivity index (χ0v) is 13.9. The van der Waals surface area contributed by atoms with E-state index in [1.54, 1.807) is 23.3 Å². The van der Waals surface area contributed by atoms with Crippen LogP contribution in [0.1, 0.15) is 25.6 Å². The number of carbonyl (C=O) groups excluding carboxylic acids is 1. The Morgan fingerprint density at radius 1 is 1.48 bits per heavy atom. The van der Waals surface area contributed by atoms with Crippen molar-refractivity contribution in [3.8, 4) is 0 Å². The Morgan fingerprint density at radius 3 is 2.81 bits per heavy atom. The minimum atomic E-state index is -0.470. The van der Waals surface area contributed by atoms with Crippen molar-refractivity contribution in [1.82, 2.24) is 10.2 Å². The molecule has 1 aliphatic heterocycles. The molecule has 21 heavy (non-hydrogen) atoms. The van der Waals surface area contributed by atoms with Crippen molar-refractivity contribution in [2.45, 2.75) is 45.1 Å². The number of amides is 1. The van der Waals surface area contributed by atoms with Gasteiger partial charge in [0, 0.05) is 25.1 Å². The van der Waals surface area contributed by atoms with Crippen LogP contribution in [0.5, 0.6) is 0 Å². The van der Waals surface area contributed by atoms with Crippen molar-refractivity contribution in [1.29, 1.82) is 0 Å². The molecule has 0 saturated carbocycles. The van der Waals surface area contributed by atoms with Gasteiger partial charge in [-0.25, -0.2) is 4.79 Å². The van der Waals surface area contributed by atoms with E-state index in [1.165, 1.54) is 4.88 Å². The summed E-state index contributed by atoms with van der Waals surface area (Å²) in [6.07, 6.45) is -0.276. The molecule has 5 nitrogen and oxygen atoms in total. The molecule has 1 unspecified atom stereocenters. The summed E-state index contributed by atoms with van der Waals surface area (Å²) < 4.78 is 10.9. The van der Waals surface area contributed by atoms with Gasteiger partial charge in [0.05, 0.1) is 18.7 Å². The van der Waals surface area contributed by atoms with Gasteiger partial charge in [0.1, 0.15) is 5.60 Å². The lowest BCUT2D eigenvalue weighted by atomic mass is 10.2.